The SMILES string of the molecule is Cn1c(=O)[nH]n(C2COCCOCCOCCO2)c1=O. The average Bonchev–Trinajstić information content (AvgIpc) is 2.67. The third-order valence-corrected chi connectivity index (χ3v) is 2.84. The fourth-order valence-electron chi connectivity index (χ4n) is 1.73. The van der Waals surface area contributed by atoms with Crippen molar-refractivity contribution < 1.29 is 18.9 Å². The van der Waals surface area contributed by atoms with Crippen LogP contribution in [0.5, 0.6) is 0 Å². The van der Waals surface area contributed by atoms with Gasteiger partial charge in [0.15, 0.2) is 6.23 Å². The summed E-state index contributed by atoms with van der Waals surface area (Å²) in [7, 11) is 1.39. The summed E-state index contributed by atoms with van der Waals surface area (Å²) in [6.07, 6.45) is -0.695. The van der Waals surface area contributed by atoms with Crippen LogP contribution in [-0.4, -0.2) is 60.6 Å². The highest BCUT2D eigenvalue weighted by molar-refractivity contribution is 4.70. The molecular formula is C11H19N3O6. The number of nitrogens with one attached hydrogen (secondary N) is 1. The van der Waals surface area contributed by atoms with Crippen molar-refractivity contribution >= 4 is 0 Å². The molecule has 1 fully saturated rings. The van der Waals surface area contributed by atoms with Crippen LogP contribution in [-0.2, 0) is 26.0 Å². The zero-order chi connectivity index (χ0) is 14.4. The van der Waals surface area contributed by atoms with Gasteiger partial charge in [0.25, 0.3) is 0 Å². The fourth-order valence-corrected chi connectivity index (χ4v) is 1.73. The second-order valence-corrected chi connectivity index (χ2v) is 4.25. The van der Waals surface area contributed by atoms with E-state index in [4.69, 9.17) is 18.9 Å². The van der Waals surface area contributed by atoms with Gasteiger partial charge in [0, 0.05) is 7.05 Å². The Morgan fingerprint density at radius 3 is 2.20 bits per heavy atom. The minimum Gasteiger partial charge on any atom is -0.377 e. The van der Waals surface area contributed by atoms with Gasteiger partial charge in [-0.25, -0.2) is 23.9 Å². The van der Waals surface area contributed by atoms with E-state index in [0.717, 1.165) is 9.25 Å². The van der Waals surface area contributed by atoms with Crippen molar-refractivity contribution in [2.24, 2.45) is 7.05 Å². The molecule has 1 atom stereocenters. The molecule has 1 aromatic rings. The molecule has 114 valence electrons. The second-order valence-electron chi connectivity index (χ2n) is 4.25. The normalized spacial score (nSPS) is 22.9. The minimum atomic E-state index is -0.695. The molecule has 0 spiro atoms. The number of ether oxygens (including phenoxy) is 4. The van der Waals surface area contributed by atoms with Crippen LogP contribution in [0.15, 0.2) is 9.59 Å². The summed E-state index contributed by atoms with van der Waals surface area (Å²) in [5.74, 6) is 0. The van der Waals surface area contributed by atoms with E-state index < -0.39 is 17.6 Å². The predicted molar refractivity (Wildman–Crippen MR) is 67.7 cm³/mol. The van der Waals surface area contributed by atoms with Gasteiger partial charge in [-0.1, -0.05) is 0 Å². The smallest absolute Gasteiger partial charge is 0.349 e. The molecule has 0 saturated carbocycles. The third kappa shape index (κ3) is 3.79. The highest BCUT2D eigenvalue weighted by Gasteiger charge is 2.17. The molecule has 1 unspecified atom stereocenters. The van der Waals surface area contributed by atoms with Crippen LogP contribution in [0.1, 0.15) is 6.23 Å². The van der Waals surface area contributed by atoms with Gasteiger partial charge in [0.2, 0.25) is 0 Å². The summed E-state index contributed by atoms with van der Waals surface area (Å²) < 4.78 is 23.6. The molecule has 1 aliphatic rings. The zero-order valence-corrected chi connectivity index (χ0v) is 11.4. The highest BCUT2D eigenvalue weighted by Crippen LogP contribution is 2.05. The molecule has 0 aliphatic carbocycles. The number of aromatic amines is 1. The van der Waals surface area contributed by atoms with E-state index in [9.17, 15) is 9.59 Å². The number of H-pyrrole nitrogens is 1. The van der Waals surface area contributed by atoms with Gasteiger partial charge in [-0.2, -0.15) is 0 Å². The van der Waals surface area contributed by atoms with E-state index >= 15 is 0 Å². The maximum absolute atomic E-state index is 11.9. The molecule has 1 N–H and O–H groups in total. The predicted octanol–water partition coefficient (Wildman–Crippen LogP) is -1.55. The quantitative estimate of drug-likeness (QED) is 0.672. The number of hydrogen-bond donors (Lipinski definition) is 1. The molecule has 20 heavy (non-hydrogen) atoms. The molecule has 9 nitrogen and oxygen atoms in total. The van der Waals surface area contributed by atoms with Crippen LogP contribution in [0.25, 0.3) is 0 Å². The molecule has 0 amide bonds. The number of nitrogens with zero attached hydrogens (tertiary/aromatic N) is 2. The lowest BCUT2D eigenvalue weighted by Gasteiger charge is -2.19. The molecule has 1 aliphatic heterocycles. The van der Waals surface area contributed by atoms with E-state index in [-0.39, 0.29) is 13.2 Å². The van der Waals surface area contributed by atoms with Crippen LogP contribution in [0.2, 0.25) is 0 Å². The molecule has 2 rings (SSSR count). The van der Waals surface area contributed by atoms with E-state index in [2.05, 4.69) is 5.10 Å². The van der Waals surface area contributed by atoms with Crippen LogP contribution < -0.4 is 11.4 Å². The van der Waals surface area contributed by atoms with Gasteiger partial charge >= 0.3 is 11.4 Å². The first-order valence-electron chi connectivity index (χ1n) is 6.42. The Morgan fingerprint density at radius 2 is 1.60 bits per heavy atom. The summed E-state index contributed by atoms with van der Waals surface area (Å²) >= 11 is 0. The van der Waals surface area contributed by atoms with Crippen LogP contribution >= 0.6 is 0 Å². The van der Waals surface area contributed by atoms with Crippen molar-refractivity contribution in [1.82, 2.24) is 14.3 Å². The van der Waals surface area contributed by atoms with Crippen molar-refractivity contribution in [3.8, 4) is 0 Å². The molecule has 2 heterocycles. The third-order valence-electron chi connectivity index (χ3n) is 2.84. The van der Waals surface area contributed by atoms with Crippen molar-refractivity contribution in [3.63, 3.8) is 0 Å². The number of hydrogen-bond acceptors (Lipinski definition) is 6. The average molecular weight is 289 g/mol. The summed E-state index contributed by atoms with van der Waals surface area (Å²) in [5, 5.41) is 2.43. The van der Waals surface area contributed by atoms with Gasteiger partial charge in [0.05, 0.1) is 46.2 Å². The van der Waals surface area contributed by atoms with Gasteiger partial charge in [-0.3, -0.25) is 0 Å². The first-order valence-corrected chi connectivity index (χ1v) is 6.42. The Hall–Kier alpha value is -1.42. The summed E-state index contributed by atoms with van der Waals surface area (Å²) in [5.41, 5.74) is -0.975. The van der Waals surface area contributed by atoms with Crippen molar-refractivity contribution in [3.05, 3.63) is 21.0 Å². The largest absolute Gasteiger partial charge is 0.377 e. The van der Waals surface area contributed by atoms with Crippen molar-refractivity contribution in [2.75, 3.05) is 46.2 Å². The topological polar surface area (TPSA) is 96.7 Å². The minimum absolute atomic E-state index is 0.142. The lowest BCUT2D eigenvalue weighted by Crippen LogP contribution is -2.32. The lowest BCUT2D eigenvalue weighted by molar-refractivity contribution is -0.0989. The first kappa shape index (κ1) is 15.0. The molecule has 0 bridgehead atoms. The van der Waals surface area contributed by atoms with Crippen LogP contribution in [0, 0.1) is 0 Å². The second kappa shape index (κ2) is 7.39. The van der Waals surface area contributed by atoms with Crippen molar-refractivity contribution in [1.29, 1.82) is 0 Å². The molecule has 0 radical (unpaired) electrons. The standard InChI is InChI=1S/C11H19N3O6/c1-13-10(15)12-14(11(13)16)9-8-19-5-4-17-2-3-18-6-7-20-9/h9H,2-8H2,1H3,(H,12,15). The molecule has 1 saturated heterocycles. The van der Waals surface area contributed by atoms with E-state index in [0.29, 0.717) is 33.0 Å². The summed E-state index contributed by atoms with van der Waals surface area (Å²) in [4.78, 5) is 23.3. The number of rotatable bonds is 1. The first-order chi connectivity index (χ1) is 9.70. The fraction of sp³-hybridized carbons (Fsp3) is 0.818. The van der Waals surface area contributed by atoms with Gasteiger partial charge < -0.3 is 18.9 Å². The Kier molecular flexibility index (Phi) is 5.53. The van der Waals surface area contributed by atoms with E-state index in [1.807, 2.05) is 0 Å². The zero-order valence-electron chi connectivity index (χ0n) is 11.4. The Labute approximate surface area is 115 Å². The maximum Gasteiger partial charge on any atom is 0.349 e. The highest BCUT2D eigenvalue weighted by atomic mass is 16.6. The number of aromatic nitrogens is 3. The molecule has 0 aromatic carbocycles. The van der Waals surface area contributed by atoms with Crippen LogP contribution in [0.3, 0.4) is 0 Å². The summed E-state index contributed by atoms with van der Waals surface area (Å²) in [6.45, 7) is 2.63. The summed E-state index contributed by atoms with van der Waals surface area (Å²) in [6, 6.07) is 0. The Balaban J connectivity index is 2.07. The monoisotopic (exact) mass is 289 g/mol. The lowest BCUT2D eigenvalue weighted by atomic mass is 10.5. The van der Waals surface area contributed by atoms with Gasteiger partial charge in [0.1, 0.15) is 0 Å². The molecular weight excluding hydrogens is 270 g/mol. The van der Waals surface area contributed by atoms with Gasteiger partial charge in [-0.05, 0) is 0 Å². The van der Waals surface area contributed by atoms with Crippen LogP contribution in [0.4, 0.5) is 0 Å². The van der Waals surface area contributed by atoms with E-state index in [1.165, 1.54) is 7.05 Å². The Morgan fingerprint density at radius 1 is 1.00 bits per heavy atom. The Bertz CT molecular complexity index is 507. The maximum atomic E-state index is 11.9. The van der Waals surface area contributed by atoms with E-state index in [1.54, 1.807) is 0 Å². The van der Waals surface area contributed by atoms with Gasteiger partial charge in [-0.15, -0.1) is 0 Å². The van der Waals surface area contributed by atoms with Crippen molar-refractivity contribution in [2.45, 2.75) is 6.23 Å². The molecule has 9 heteroatoms. The molecule has 1 aromatic heterocycles.